The van der Waals surface area contributed by atoms with Crippen LogP contribution in [0.2, 0.25) is 10.0 Å². The van der Waals surface area contributed by atoms with Gasteiger partial charge in [-0.2, -0.15) is 0 Å². The second kappa shape index (κ2) is 9.88. The van der Waals surface area contributed by atoms with Crippen LogP contribution in [0.1, 0.15) is 31.5 Å². The minimum absolute atomic E-state index is 0.142. The largest absolute Gasteiger partial charge is 0.465 e. The number of rotatable bonds is 9. The minimum Gasteiger partial charge on any atom is -0.465 e. The van der Waals surface area contributed by atoms with Gasteiger partial charge in [-0.3, -0.25) is 4.72 Å². The van der Waals surface area contributed by atoms with E-state index in [0.29, 0.717) is 28.6 Å². The van der Waals surface area contributed by atoms with Crippen molar-refractivity contribution in [2.24, 2.45) is 0 Å². The highest BCUT2D eigenvalue weighted by Gasteiger charge is 2.30. The molecule has 5 N–H and O–H groups in total. The van der Waals surface area contributed by atoms with Gasteiger partial charge in [0.25, 0.3) is 0 Å². The van der Waals surface area contributed by atoms with Crippen LogP contribution in [0.4, 0.5) is 16.4 Å². The molecule has 0 saturated heterocycles. The molecule has 2 heterocycles. The van der Waals surface area contributed by atoms with Crippen molar-refractivity contribution in [2.45, 2.75) is 31.7 Å². The molecule has 3 aromatic rings. The van der Waals surface area contributed by atoms with Gasteiger partial charge in [-0.05, 0) is 38.0 Å². The Hall–Kier alpha value is -3.09. The van der Waals surface area contributed by atoms with Crippen molar-refractivity contribution in [1.82, 2.24) is 25.3 Å². The summed E-state index contributed by atoms with van der Waals surface area (Å²) in [5, 5.41) is 14.6. The predicted octanol–water partition coefficient (Wildman–Crippen LogP) is 4.16. The average Bonchev–Trinajstić information content (AvgIpc) is 3.52. The molecule has 0 aliphatic heterocycles. The predicted molar refractivity (Wildman–Crippen MR) is 135 cm³/mol. The first-order chi connectivity index (χ1) is 16.5. The molecule has 4 rings (SSSR count). The molecule has 0 spiro atoms. The first-order valence-electron chi connectivity index (χ1n) is 10.6. The molecule has 1 aliphatic rings. The van der Waals surface area contributed by atoms with E-state index in [2.05, 4.69) is 30.3 Å². The van der Waals surface area contributed by atoms with E-state index in [9.17, 15) is 13.2 Å². The average molecular weight is 540 g/mol. The summed E-state index contributed by atoms with van der Waals surface area (Å²) < 4.78 is 26.0. The second-order valence-electron chi connectivity index (χ2n) is 8.31. The van der Waals surface area contributed by atoms with Crippen molar-refractivity contribution in [3.63, 3.8) is 0 Å². The van der Waals surface area contributed by atoms with Crippen molar-refractivity contribution in [3.05, 3.63) is 40.3 Å². The molecule has 35 heavy (non-hydrogen) atoms. The van der Waals surface area contributed by atoms with E-state index in [4.69, 9.17) is 33.3 Å². The van der Waals surface area contributed by atoms with Gasteiger partial charge in [0.05, 0.1) is 34.0 Å². The molecular formula is C21H23Cl2N7O4S. The molecule has 2 aromatic heterocycles. The van der Waals surface area contributed by atoms with E-state index in [1.807, 2.05) is 0 Å². The molecule has 1 saturated carbocycles. The van der Waals surface area contributed by atoms with Gasteiger partial charge in [0.15, 0.2) is 0 Å². The van der Waals surface area contributed by atoms with Crippen LogP contribution in [0.25, 0.3) is 22.6 Å². The third kappa shape index (κ3) is 6.32. The number of hydrogen-bond donors (Lipinski definition) is 5. The fourth-order valence-electron chi connectivity index (χ4n) is 3.45. The van der Waals surface area contributed by atoms with E-state index in [-0.39, 0.29) is 34.2 Å². The zero-order chi connectivity index (χ0) is 25.3. The SMILES string of the molecule is C[C@@H](CNc1nccc(-c2[nH]c(C3CC3)nc2-c2cc(Cl)cc(NS(C)(=O)=O)c2Cl)n1)NC(=O)O. The van der Waals surface area contributed by atoms with Crippen LogP contribution in [0.3, 0.4) is 0 Å². The fourth-order valence-corrected chi connectivity index (χ4v) is 4.53. The summed E-state index contributed by atoms with van der Waals surface area (Å²) in [5.41, 5.74) is 2.15. The Morgan fingerprint density at radius 3 is 2.69 bits per heavy atom. The third-order valence-electron chi connectivity index (χ3n) is 5.12. The number of nitrogens with one attached hydrogen (secondary N) is 4. The number of imidazole rings is 1. The van der Waals surface area contributed by atoms with E-state index in [0.717, 1.165) is 24.9 Å². The van der Waals surface area contributed by atoms with Crippen LogP contribution in [-0.2, 0) is 10.0 Å². The van der Waals surface area contributed by atoms with Crippen LogP contribution in [0.5, 0.6) is 0 Å². The normalized spacial score (nSPS) is 14.4. The number of benzene rings is 1. The van der Waals surface area contributed by atoms with Gasteiger partial charge in [-0.15, -0.1) is 0 Å². The molecule has 1 atom stereocenters. The molecule has 14 heteroatoms. The Labute approximate surface area is 211 Å². The Bertz CT molecular complexity index is 1380. The van der Waals surface area contributed by atoms with Gasteiger partial charge in [-0.1, -0.05) is 23.2 Å². The number of carbonyl (C=O) groups is 1. The van der Waals surface area contributed by atoms with Gasteiger partial charge in [-0.25, -0.2) is 28.2 Å². The summed E-state index contributed by atoms with van der Waals surface area (Å²) in [6, 6.07) is 4.39. The van der Waals surface area contributed by atoms with Crippen LogP contribution < -0.4 is 15.4 Å². The molecule has 1 amide bonds. The lowest BCUT2D eigenvalue weighted by Crippen LogP contribution is -2.36. The number of aromatic nitrogens is 4. The minimum atomic E-state index is -3.59. The second-order valence-corrected chi connectivity index (χ2v) is 10.9. The number of carboxylic acid groups (broad SMARTS) is 1. The Morgan fingerprint density at radius 2 is 2.03 bits per heavy atom. The lowest BCUT2D eigenvalue weighted by atomic mass is 10.1. The summed E-state index contributed by atoms with van der Waals surface area (Å²) in [5.74, 6) is 1.36. The highest BCUT2D eigenvalue weighted by Crippen LogP contribution is 2.44. The summed E-state index contributed by atoms with van der Waals surface area (Å²) >= 11 is 12.9. The zero-order valence-corrected chi connectivity index (χ0v) is 21.1. The number of H-pyrrole nitrogens is 1. The Morgan fingerprint density at radius 1 is 1.29 bits per heavy atom. The number of aromatic amines is 1. The van der Waals surface area contributed by atoms with Crippen molar-refractivity contribution in [2.75, 3.05) is 22.8 Å². The van der Waals surface area contributed by atoms with Crippen LogP contribution in [0, 0.1) is 0 Å². The zero-order valence-electron chi connectivity index (χ0n) is 18.8. The number of nitrogens with zero attached hydrogens (tertiary/aromatic N) is 3. The summed E-state index contributed by atoms with van der Waals surface area (Å²) in [7, 11) is -3.59. The summed E-state index contributed by atoms with van der Waals surface area (Å²) in [4.78, 5) is 27.7. The van der Waals surface area contributed by atoms with Crippen LogP contribution >= 0.6 is 23.2 Å². The van der Waals surface area contributed by atoms with E-state index >= 15 is 0 Å². The lowest BCUT2D eigenvalue weighted by molar-refractivity contribution is 0.191. The van der Waals surface area contributed by atoms with Crippen molar-refractivity contribution in [3.8, 4) is 22.6 Å². The Balaban J connectivity index is 1.73. The van der Waals surface area contributed by atoms with Crippen molar-refractivity contribution >= 4 is 51.0 Å². The molecule has 0 unspecified atom stereocenters. The van der Waals surface area contributed by atoms with Crippen molar-refractivity contribution < 1.29 is 18.3 Å². The molecule has 1 fully saturated rings. The summed E-state index contributed by atoms with van der Waals surface area (Å²) in [6.45, 7) is 1.99. The molecule has 11 nitrogen and oxygen atoms in total. The fraction of sp³-hybridized carbons (Fsp3) is 0.333. The molecule has 1 aliphatic carbocycles. The van der Waals surface area contributed by atoms with Gasteiger partial charge in [0.1, 0.15) is 5.82 Å². The van der Waals surface area contributed by atoms with Crippen LogP contribution in [0.15, 0.2) is 24.4 Å². The number of amides is 1. The number of sulfonamides is 1. The number of hydrogen-bond acceptors (Lipinski definition) is 7. The van der Waals surface area contributed by atoms with E-state index in [1.165, 1.54) is 6.07 Å². The highest BCUT2D eigenvalue weighted by atomic mass is 35.5. The maximum atomic E-state index is 11.8. The molecular weight excluding hydrogens is 517 g/mol. The maximum absolute atomic E-state index is 11.8. The van der Waals surface area contributed by atoms with Gasteiger partial charge in [0.2, 0.25) is 16.0 Å². The molecule has 0 bridgehead atoms. The van der Waals surface area contributed by atoms with Gasteiger partial charge < -0.3 is 20.7 Å². The lowest BCUT2D eigenvalue weighted by Gasteiger charge is -2.13. The third-order valence-corrected chi connectivity index (χ3v) is 6.34. The molecule has 186 valence electrons. The molecule has 1 aromatic carbocycles. The first-order valence-corrected chi connectivity index (χ1v) is 13.3. The summed E-state index contributed by atoms with van der Waals surface area (Å²) in [6.07, 6.45) is 3.48. The topological polar surface area (TPSA) is 162 Å². The smallest absolute Gasteiger partial charge is 0.404 e. The van der Waals surface area contributed by atoms with Gasteiger partial charge in [0, 0.05) is 35.3 Å². The quantitative estimate of drug-likeness (QED) is 0.270. The first kappa shape index (κ1) is 25.0. The van der Waals surface area contributed by atoms with Gasteiger partial charge >= 0.3 is 6.09 Å². The standard InChI is InChI=1S/C21H23Cl2N7O4S/c1-10(26-21(31)32)9-25-20-24-6-5-14(27-20)18-17(28-19(29-18)11-3-4-11)13-7-12(22)8-15(16(13)23)30-35(2,33)34/h5-8,10-11,26,30H,3-4,9H2,1-2H3,(H,28,29)(H,31,32)(H,24,25,27)/t10-/m0/s1. The van der Waals surface area contributed by atoms with E-state index in [1.54, 1.807) is 25.3 Å². The Kier molecular flexibility index (Phi) is 7.06. The van der Waals surface area contributed by atoms with Crippen LogP contribution in [-0.4, -0.2) is 58.4 Å². The maximum Gasteiger partial charge on any atom is 0.404 e. The van der Waals surface area contributed by atoms with E-state index < -0.39 is 16.1 Å². The highest BCUT2D eigenvalue weighted by molar-refractivity contribution is 7.92. The molecule has 0 radical (unpaired) electrons. The monoisotopic (exact) mass is 539 g/mol. The number of halogens is 2. The van der Waals surface area contributed by atoms with Crippen molar-refractivity contribution in [1.29, 1.82) is 0 Å². The number of anilines is 2.